The Labute approximate surface area is 206 Å². The first-order valence-electron chi connectivity index (χ1n) is 11.3. The molecule has 0 spiro atoms. The van der Waals surface area contributed by atoms with E-state index in [-0.39, 0.29) is 4.90 Å². The summed E-state index contributed by atoms with van der Waals surface area (Å²) in [7, 11) is -4.13. The number of nitrogens with zero attached hydrogens (tertiary/aromatic N) is 4. The molecule has 3 aromatic carbocycles. The van der Waals surface area contributed by atoms with E-state index in [1.54, 1.807) is 12.1 Å². The topological polar surface area (TPSA) is 67.7 Å². The van der Waals surface area contributed by atoms with Gasteiger partial charge in [0.2, 0.25) is 0 Å². The monoisotopic (exact) mass is 516 g/mol. The van der Waals surface area contributed by atoms with Crippen molar-refractivity contribution in [3.63, 3.8) is 0 Å². The molecular formula is C25H23F3N4O3S. The number of benzene rings is 3. The third-order valence-corrected chi connectivity index (χ3v) is 7.72. The van der Waals surface area contributed by atoms with Crippen LogP contribution in [0.5, 0.6) is 5.75 Å². The molecule has 1 aromatic heterocycles. The minimum Gasteiger partial charge on any atom is -0.406 e. The Balaban J connectivity index is 1.35. The van der Waals surface area contributed by atoms with Crippen LogP contribution < -0.4 is 9.64 Å². The molecule has 0 radical (unpaired) electrons. The zero-order valence-corrected chi connectivity index (χ0v) is 19.9. The Hall–Kier alpha value is -3.57. The second-order valence-corrected chi connectivity index (χ2v) is 10.2. The molecule has 0 bridgehead atoms. The van der Waals surface area contributed by atoms with Gasteiger partial charge in [-0.15, -0.1) is 13.2 Å². The summed E-state index contributed by atoms with van der Waals surface area (Å²) in [6.07, 6.45) is -3.35. The van der Waals surface area contributed by atoms with Crippen LogP contribution in [0.25, 0.3) is 10.9 Å². The predicted molar refractivity (Wildman–Crippen MR) is 129 cm³/mol. The van der Waals surface area contributed by atoms with Crippen molar-refractivity contribution in [1.29, 1.82) is 0 Å². The highest BCUT2D eigenvalue weighted by Crippen LogP contribution is 2.30. The minimum absolute atomic E-state index is 0.193. The van der Waals surface area contributed by atoms with Gasteiger partial charge < -0.3 is 9.64 Å². The van der Waals surface area contributed by atoms with Crippen LogP contribution >= 0.6 is 0 Å². The van der Waals surface area contributed by atoms with Gasteiger partial charge in [0, 0.05) is 43.8 Å². The van der Waals surface area contributed by atoms with Crippen molar-refractivity contribution in [3.8, 4) is 5.75 Å². The van der Waals surface area contributed by atoms with E-state index in [4.69, 9.17) is 0 Å². The minimum atomic E-state index is -4.86. The zero-order valence-electron chi connectivity index (χ0n) is 19.1. The lowest BCUT2D eigenvalue weighted by Gasteiger charge is -2.36. The van der Waals surface area contributed by atoms with Crippen LogP contribution in [0.2, 0.25) is 0 Å². The lowest BCUT2D eigenvalue weighted by atomic mass is 10.1. The molecule has 1 fully saturated rings. The molecule has 4 aromatic rings. The molecular weight excluding hydrogens is 493 g/mol. The third-order valence-electron chi connectivity index (χ3n) is 6.10. The van der Waals surface area contributed by atoms with E-state index in [1.165, 1.54) is 11.8 Å². The first-order valence-corrected chi connectivity index (χ1v) is 12.7. The summed E-state index contributed by atoms with van der Waals surface area (Å²) < 4.78 is 68.5. The van der Waals surface area contributed by atoms with Crippen molar-refractivity contribution in [2.24, 2.45) is 0 Å². The lowest BCUT2D eigenvalue weighted by Crippen LogP contribution is -2.46. The number of aromatic nitrogens is 2. The maximum atomic E-state index is 13.2. The molecule has 1 aliphatic rings. The molecule has 188 valence electrons. The number of halogens is 3. The van der Waals surface area contributed by atoms with Crippen LogP contribution in [-0.2, 0) is 16.6 Å². The smallest absolute Gasteiger partial charge is 0.406 e. The molecule has 0 saturated carbocycles. The second kappa shape index (κ2) is 9.47. The Bertz CT molecular complexity index is 1450. The maximum absolute atomic E-state index is 13.2. The average molecular weight is 517 g/mol. The van der Waals surface area contributed by atoms with Crippen LogP contribution in [0.4, 0.5) is 18.9 Å². The van der Waals surface area contributed by atoms with Crippen LogP contribution in [0.15, 0.2) is 83.9 Å². The van der Waals surface area contributed by atoms with Crippen LogP contribution in [-0.4, -0.2) is 55.0 Å². The SMILES string of the molecule is O=S(=O)(c1ccc(OC(F)(F)F)cc1)n1ncc2c(N3CCN(Cc4ccccc4)CC3)cccc21. The third kappa shape index (κ3) is 5.02. The molecule has 0 aliphatic carbocycles. The molecule has 1 aliphatic heterocycles. The van der Waals surface area contributed by atoms with E-state index in [0.717, 1.165) is 66.8 Å². The van der Waals surface area contributed by atoms with E-state index in [0.29, 0.717) is 10.9 Å². The van der Waals surface area contributed by atoms with Crippen molar-refractivity contribution in [1.82, 2.24) is 14.1 Å². The van der Waals surface area contributed by atoms with Gasteiger partial charge in [-0.2, -0.15) is 17.6 Å². The van der Waals surface area contributed by atoms with Crippen molar-refractivity contribution in [2.45, 2.75) is 17.8 Å². The van der Waals surface area contributed by atoms with Crippen LogP contribution in [0, 0.1) is 0 Å². The van der Waals surface area contributed by atoms with E-state index >= 15 is 0 Å². The predicted octanol–water partition coefficient (Wildman–Crippen LogP) is 4.49. The summed E-state index contributed by atoms with van der Waals surface area (Å²) in [6.45, 7) is 4.17. The van der Waals surface area contributed by atoms with Crippen molar-refractivity contribution in [2.75, 3.05) is 31.1 Å². The number of alkyl halides is 3. The summed E-state index contributed by atoms with van der Waals surface area (Å²) in [6, 6.07) is 19.7. The highest BCUT2D eigenvalue weighted by atomic mass is 32.2. The van der Waals surface area contributed by atoms with Gasteiger partial charge in [-0.25, -0.2) is 0 Å². The van der Waals surface area contributed by atoms with E-state index in [9.17, 15) is 21.6 Å². The van der Waals surface area contributed by atoms with Gasteiger partial charge in [-0.05, 0) is 42.0 Å². The first-order chi connectivity index (χ1) is 17.2. The fraction of sp³-hybridized carbons (Fsp3) is 0.240. The number of anilines is 1. The van der Waals surface area contributed by atoms with Crippen LogP contribution in [0.1, 0.15) is 5.56 Å². The fourth-order valence-corrected chi connectivity index (χ4v) is 5.65. The van der Waals surface area contributed by atoms with Gasteiger partial charge in [0.25, 0.3) is 10.0 Å². The molecule has 7 nitrogen and oxygen atoms in total. The van der Waals surface area contributed by atoms with Gasteiger partial charge in [-0.1, -0.05) is 36.4 Å². The number of rotatable bonds is 6. The Kier molecular flexibility index (Phi) is 6.35. The lowest BCUT2D eigenvalue weighted by molar-refractivity contribution is -0.274. The highest BCUT2D eigenvalue weighted by molar-refractivity contribution is 7.90. The zero-order chi connectivity index (χ0) is 25.3. The Morgan fingerprint density at radius 3 is 2.22 bits per heavy atom. The van der Waals surface area contributed by atoms with E-state index < -0.39 is 22.1 Å². The van der Waals surface area contributed by atoms with Gasteiger partial charge in [0.05, 0.1) is 16.6 Å². The van der Waals surface area contributed by atoms with Crippen molar-refractivity contribution in [3.05, 3.63) is 84.6 Å². The second-order valence-electron chi connectivity index (χ2n) is 8.47. The summed E-state index contributed by atoms with van der Waals surface area (Å²) in [5.41, 5.74) is 2.55. The van der Waals surface area contributed by atoms with Crippen LogP contribution in [0.3, 0.4) is 0 Å². The van der Waals surface area contributed by atoms with Gasteiger partial charge in [0.1, 0.15) is 5.75 Å². The molecule has 36 heavy (non-hydrogen) atoms. The standard InChI is InChI=1S/C25H23F3N4O3S/c26-25(27,28)35-20-9-11-21(12-10-20)36(33,34)32-24-8-4-7-23(22(24)17-29-32)31-15-13-30(14-16-31)18-19-5-2-1-3-6-19/h1-12,17H,13-16,18H2. The number of ether oxygens (including phenoxy) is 1. The number of hydrogen-bond acceptors (Lipinski definition) is 6. The molecule has 1 saturated heterocycles. The fourth-order valence-electron chi connectivity index (χ4n) is 4.38. The Morgan fingerprint density at radius 2 is 1.56 bits per heavy atom. The van der Waals surface area contributed by atoms with Gasteiger partial charge in [-0.3, -0.25) is 4.90 Å². The number of fused-ring (bicyclic) bond motifs is 1. The van der Waals surface area contributed by atoms with Crippen molar-refractivity contribution < 1.29 is 26.3 Å². The quantitative estimate of drug-likeness (QED) is 0.376. The van der Waals surface area contributed by atoms with E-state index in [1.807, 2.05) is 24.3 Å². The molecule has 0 N–H and O–H groups in total. The van der Waals surface area contributed by atoms with Gasteiger partial charge >= 0.3 is 6.36 Å². The number of piperazine rings is 1. The largest absolute Gasteiger partial charge is 0.573 e. The molecule has 11 heteroatoms. The van der Waals surface area contributed by atoms with Gasteiger partial charge in [0.15, 0.2) is 0 Å². The highest BCUT2D eigenvalue weighted by Gasteiger charge is 2.31. The first kappa shape index (κ1) is 24.1. The average Bonchev–Trinajstić information content (AvgIpc) is 3.30. The molecule has 2 heterocycles. The Morgan fingerprint density at radius 1 is 0.861 bits per heavy atom. The summed E-state index contributed by atoms with van der Waals surface area (Å²) in [5, 5.41) is 4.82. The summed E-state index contributed by atoms with van der Waals surface area (Å²) in [5.74, 6) is -0.500. The molecule has 0 atom stereocenters. The van der Waals surface area contributed by atoms with Crippen molar-refractivity contribution >= 4 is 26.6 Å². The van der Waals surface area contributed by atoms with E-state index in [2.05, 4.69) is 31.8 Å². The normalized spacial score (nSPS) is 15.4. The summed E-state index contributed by atoms with van der Waals surface area (Å²) >= 11 is 0. The molecule has 0 amide bonds. The number of hydrogen-bond donors (Lipinski definition) is 0. The molecule has 0 unspecified atom stereocenters. The maximum Gasteiger partial charge on any atom is 0.573 e. The summed E-state index contributed by atoms with van der Waals surface area (Å²) in [4.78, 5) is 4.40. The molecule has 5 rings (SSSR count).